The third-order valence-corrected chi connectivity index (χ3v) is 6.05. The topological polar surface area (TPSA) is 76.6 Å². The van der Waals surface area contributed by atoms with Gasteiger partial charge in [-0.3, -0.25) is 14.5 Å². The Balaban J connectivity index is 1.67. The maximum Gasteiger partial charge on any atom is 0.254 e. The van der Waals surface area contributed by atoms with Crippen LogP contribution in [0.1, 0.15) is 22.3 Å². The summed E-state index contributed by atoms with van der Waals surface area (Å²) in [7, 11) is 3.91. The lowest BCUT2D eigenvalue weighted by Gasteiger charge is -2.49. The standard InChI is InChI=1S/C23H25N3O3/c1-25(2)23(16-8-4-3-5-9-16)12-13-26(15-20(23)27)22(29)18-14-21(28)24-19-11-7-6-10-17(18)19/h3-11,14,20,27H,12-13,15H2,1-2H3,(H,24,28)/t20-,23+/m1/s1. The number of aliphatic hydroxyl groups is 1. The lowest BCUT2D eigenvalue weighted by atomic mass is 9.77. The Labute approximate surface area is 169 Å². The van der Waals surface area contributed by atoms with E-state index in [9.17, 15) is 14.7 Å². The number of pyridine rings is 1. The minimum atomic E-state index is -0.758. The van der Waals surface area contributed by atoms with E-state index in [1.807, 2.05) is 67.5 Å². The summed E-state index contributed by atoms with van der Waals surface area (Å²) in [6.07, 6.45) is -0.163. The summed E-state index contributed by atoms with van der Waals surface area (Å²) in [6.45, 7) is 0.692. The molecule has 0 bridgehead atoms. The SMILES string of the molecule is CN(C)[C@]1(c2ccccc2)CCN(C(=O)c2cc(=O)[nH]c3ccccc23)C[C@H]1O. The molecule has 1 amide bonds. The molecule has 2 heterocycles. The van der Waals surface area contributed by atoms with Crippen LogP contribution < -0.4 is 5.56 Å². The maximum atomic E-state index is 13.3. The van der Waals surface area contributed by atoms with Crippen molar-refractivity contribution in [2.75, 3.05) is 27.2 Å². The number of hydrogen-bond donors (Lipinski definition) is 2. The van der Waals surface area contributed by atoms with Crippen LogP contribution in [-0.4, -0.2) is 59.1 Å². The first-order chi connectivity index (χ1) is 13.9. The fraction of sp³-hybridized carbons (Fsp3) is 0.304. The summed E-state index contributed by atoms with van der Waals surface area (Å²) >= 11 is 0. The fourth-order valence-corrected chi connectivity index (χ4v) is 4.50. The molecule has 150 valence electrons. The van der Waals surface area contributed by atoms with E-state index in [0.29, 0.717) is 29.4 Å². The molecule has 6 heteroatoms. The largest absolute Gasteiger partial charge is 0.389 e. The van der Waals surface area contributed by atoms with Crippen molar-refractivity contribution < 1.29 is 9.90 Å². The van der Waals surface area contributed by atoms with E-state index in [1.54, 1.807) is 11.0 Å². The van der Waals surface area contributed by atoms with E-state index >= 15 is 0 Å². The number of nitrogens with zero attached hydrogens (tertiary/aromatic N) is 2. The number of nitrogens with one attached hydrogen (secondary N) is 1. The summed E-state index contributed by atoms with van der Waals surface area (Å²) in [5, 5.41) is 11.9. The Morgan fingerprint density at radius 3 is 2.52 bits per heavy atom. The molecule has 0 aliphatic carbocycles. The van der Waals surface area contributed by atoms with Crippen molar-refractivity contribution in [2.24, 2.45) is 0 Å². The monoisotopic (exact) mass is 391 g/mol. The zero-order valence-corrected chi connectivity index (χ0v) is 16.6. The Morgan fingerprint density at radius 2 is 1.83 bits per heavy atom. The van der Waals surface area contributed by atoms with Gasteiger partial charge < -0.3 is 15.0 Å². The van der Waals surface area contributed by atoms with Gasteiger partial charge in [-0.25, -0.2) is 0 Å². The van der Waals surface area contributed by atoms with Crippen LogP contribution in [0.15, 0.2) is 65.5 Å². The Kier molecular flexibility index (Phi) is 4.98. The number of para-hydroxylation sites is 1. The summed E-state index contributed by atoms with van der Waals surface area (Å²) < 4.78 is 0. The molecule has 0 saturated carbocycles. The normalized spacial score (nSPS) is 22.2. The number of carbonyl (C=O) groups is 1. The first kappa shape index (κ1) is 19.4. The molecule has 4 rings (SSSR count). The molecule has 2 atom stereocenters. The Hall–Kier alpha value is -2.96. The van der Waals surface area contributed by atoms with Crippen LogP contribution in [0.3, 0.4) is 0 Å². The van der Waals surface area contributed by atoms with Gasteiger partial charge in [-0.1, -0.05) is 48.5 Å². The first-order valence-corrected chi connectivity index (χ1v) is 9.76. The molecule has 1 saturated heterocycles. The van der Waals surface area contributed by atoms with Crippen LogP contribution >= 0.6 is 0 Å². The second kappa shape index (κ2) is 7.46. The summed E-state index contributed by atoms with van der Waals surface area (Å²) in [5.41, 5.74) is 1.16. The van der Waals surface area contributed by atoms with Gasteiger partial charge in [0.05, 0.1) is 17.2 Å². The number of aliphatic hydroxyl groups excluding tert-OH is 1. The second-order valence-corrected chi connectivity index (χ2v) is 7.79. The highest BCUT2D eigenvalue weighted by atomic mass is 16.3. The van der Waals surface area contributed by atoms with Gasteiger partial charge in [0.1, 0.15) is 0 Å². The molecule has 0 radical (unpaired) electrons. The number of piperidine rings is 1. The molecular weight excluding hydrogens is 366 g/mol. The first-order valence-electron chi connectivity index (χ1n) is 9.76. The molecule has 2 N–H and O–H groups in total. The number of likely N-dealkylation sites (N-methyl/N-ethyl adjacent to an activating group) is 1. The maximum absolute atomic E-state index is 13.3. The lowest BCUT2D eigenvalue weighted by molar-refractivity contribution is -0.0611. The highest BCUT2D eigenvalue weighted by molar-refractivity contribution is 6.06. The number of amides is 1. The van der Waals surface area contributed by atoms with Crippen LogP contribution in [0.2, 0.25) is 0 Å². The van der Waals surface area contributed by atoms with Crippen LogP contribution in [0, 0.1) is 0 Å². The van der Waals surface area contributed by atoms with Gasteiger partial charge in [-0.05, 0) is 32.1 Å². The van der Waals surface area contributed by atoms with E-state index < -0.39 is 11.6 Å². The number of benzene rings is 2. The quantitative estimate of drug-likeness (QED) is 0.718. The van der Waals surface area contributed by atoms with Gasteiger partial charge in [0.15, 0.2) is 0 Å². The molecule has 6 nitrogen and oxygen atoms in total. The van der Waals surface area contributed by atoms with Gasteiger partial charge in [0.25, 0.3) is 5.91 Å². The zero-order chi connectivity index (χ0) is 20.6. The highest BCUT2D eigenvalue weighted by Gasteiger charge is 2.46. The highest BCUT2D eigenvalue weighted by Crippen LogP contribution is 2.38. The molecule has 1 aromatic heterocycles. The number of aromatic nitrogens is 1. The third-order valence-electron chi connectivity index (χ3n) is 6.05. The molecule has 29 heavy (non-hydrogen) atoms. The van der Waals surface area contributed by atoms with Crippen molar-refractivity contribution in [3.8, 4) is 0 Å². The summed E-state index contributed by atoms with van der Waals surface area (Å²) in [5.74, 6) is -0.230. The predicted molar refractivity (Wildman–Crippen MR) is 113 cm³/mol. The van der Waals surface area contributed by atoms with Crippen molar-refractivity contribution in [3.63, 3.8) is 0 Å². The average Bonchev–Trinajstić information content (AvgIpc) is 2.73. The summed E-state index contributed by atoms with van der Waals surface area (Å²) in [4.78, 5) is 31.8. The average molecular weight is 391 g/mol. The number of rotatable bonds is 3. The number of hydrogen-bond acceptors (Lipinski definition) is 4. The number of carbonyl (C=O) groups excluding carboxylic acids is 1. The fourth-order valence-electron chi connectivity index (χ4n) is 4.50. The van der Waals surface area contributed by atoms with Crippen molar-refractivity contribution in [1.82, 2.24) is 14.8 Å². The van der Waals surface area contributed by atoms with Gasteiger partial charge in [0.2, 0.25) is 5.56 Å². The van der Waals surface area contributed by atoms with Crippen LogP contribution in [0.5, 0.6) is 0 Å². The number of H-pyrrole nitrogens is 1. The van der Waals surface area contributed by atoms with Gasteiger partial charge in [0, 0.05) is 30.1 Å². The van der Waals surface area contributed by atoms with E-state index in [0.717, 1.165) is 5.56 Å². The molecular formula is C23H25N3O3. The number of β-amino-alcohol motifs (C(OH)–C–C–N with tert-alkyl or cyclic N) is 1. The molecule has 2 aromatic carbocycles. The molecule has 1 aliphatic heterocycles. The van der Waals surface area contributed by atoms with Crippen molar-refractivity contribution in [3.05, 3.63) is 82.1 Å². The van der Waals surface area contributed by atoms with Gasteiger partial charge in [-0.2, -0.15) is 0 Å². The van der Waals surface area contributed by atoms with Gasteiger partial charge >= 0.3 is 0 Å². The molecule has 1 fully saturated rings. The summed E-state index contributed by atoms with van der Waals surface area (Å²) in [6, 6.07) is 18.5. The lowest BCUT2D eigenvalue weighted by Crippen LogP contribution is -2.60. The predicted octanol–water partition coefficient (Wildman–Crippen LogP) is 2.19. The van der Waals surface area contributed by atoms with Crippen molar-refractivity contribution >= 4 is 16.8 Å². The molecule has 0 spiro atoms. The Bertz CT molecular complexity index is 1090. The minimum absolute atomic E-state index is 0.201. The van der Waals surface area contributed by atoms with Crippen molar-refractivity contribution in [2.45, 2.75) is 18.1 Å². The second-order valence-electron chi connectivity index (χ2n) is 7.79. The zero-order valence-electron chi connectivity index (χ0n) is 16.6. The van der Waals surface area contributed by atoms with Crippen LogP contribution in [0.4, 0.5) is 0 Å². The number of likely N-dealkylation sites (tertiary alicyclic amines) is 1. The van der Waals surface area contributed by atoms with E-state index in [4.69, 9.17) is 0 Å². The van der Waals surface area contributed by atoms with E-state index in [2.05, 4.69) is 4.98 Å². The molecule has 3 aromatic rings. The van der Waals surface area contributed by atoms with Crippen LogP contribution in [0.25, 0.3) is 10.9 Å². The molecule has 0 unspecified atom stereocenters. The third kappa shape index (κ3) is 3.24. The smallest absolute Gasteiger partial charge is 0.254 e. The minimum Gasteiger partial charge on any atom is -0.389 e. The molecule has 1 aliphatic rings. The number of fused-ring (bicyclic) bond motifs is 1. The van der Waals surface area contributed by atoms with Crippen molar-refractivity contribution in [1.29, 1.82) is 0 Å². The van der Waals surface area contributed by atoms with E-state index in [1.165, 1.54) is 6.07 Å². The van der Waals surface area contributed by atoms with Gasteiger partial charge in [-0.15, -0.1) is 0 Å². The Morgan fingerprint density at radius 1 is 1.14 bits per heavy atom. The number of aromatic amines is 1. The van der Waals surface area contributed by atoms with E-state index in [-0.39, 0.29) is 18.0 Å². The van der Waals surface area contributed by atoms with Crippen LogP contribution in [-0.2, 0) is 5.54 Å².